The second-order valence-corrected chi connectivity index (χ2v) is 10.1. The average Bonchev–Trinajstić information content (AvgIpc) is 2.84. The van der Waals surface area contributed by atoms with E-state index in [1.54, 1.807) is 24.3 Å². The van der Waals surface area contributed by atoms with Crippen LogP contribution in [0.2, 0.25) is 0 Å². The lowest BCUT2D eigenvalue weighted by molar-refractivity contribution is -0.137. The summed E-state index contributed by atoms with van der Waals surface area (Å²) in [4.78, 5) is 0. The van der Waals surface area contributed by atoms with Crippen LogP contribution < -0.4 is 15.9 Å². The quantitative estimate of drug-likeness (QED) is 0.135. The maximum absolute atomic E-state index is 14.1. The Hall–Kier alpha value is -3.37. The van der Waals surface area contributed by atoms with Crippen molar-refractivity contribution in [3.05, 3.63) is 114 Å². The molecule has 35 heavy (non-hydrogen) atoms. The molecule has 5 aromatic rings. The molecule has 0 radical (unpaired) electrons. The monoisotopic (exact) mass is 498 g/mol. The number of rotatable bonds is 3. The molecule has 0 unspecified atom stereocenters. The van der Waals surface area contributed by atoms with Gasteiger partial charge < -0.3 is 0 Å². The van der Waals surface area contributed by atoms with Crippen molar-refractivity contribution in [3.8, 4) is 0 Å². The molecule has 7 heteroatoms. The molecule has 5 aromatic carbocycles. The van der Waals surface area contributed by atoms with E-state index >= 15 is 0 Å². The second kappa shape index (κ2) is 8.69. The predicted octanol–water partition coefficient (Wildman–Crippen LogP) is 7.79. The lowest BCUT2D eigenvalue weighted by atomic mass is 10.0. The standard InChI is InChI=1S/C28H17F6P/c29-27(30,31)22-13-5-7-15-24(22)35(25-16-8-6-14-23(25)28(32,33)34)26-17-18-9-1-2-10-19(18)20-11-3-4-12-21(20)26/h1-17H. The van der Waals surface area contributed by atoms with Crippen LogP contribution >= 0.6 is 7.92 Å². The largest absolute Gasteiger partial charge is 0.417 e. The Morgan fingerprint density at radius 1 is 0.429 bits per heavy atom. The number of alkyl halides is 6. The summed E-state index contributed by atoms with van der Waals surface area (Å²) in [6, 6.07) is 26.2. The fraction of sp³-hybridized carbons (Fsp3) is 0.0714. The summed E-state index contributed by atoms with van der Waals surface area (Å²) < 4.78 is 84.8. The van der Waals surface area contributed by atoms with E-state index < -0.39 is 31.4 Å². The lowest BCUT2D eigenvalue weighted by Gasteiger charge is -2.27. The molecule has 0 spiro atoms. The van der Waals surface area contributed by atoms with Crippen molar-refractivity contribution in [2.24, 2.45) is 0 Å². The van der Waals surface area contributed by atoms with Gasteiger partial charge in [-0.15, -0.1) is 0 Å². The summed E-state index contributed by atoms with van der Waals surface area (Å²) in [5, 5.41) is 3.17. The minimum absolute atomic E-state index is 0.160. The van der Waals surface area contributed by atoms with Gasteiger partial charge in [0.25, 0.3) is 0 Å². The highest BCUT2D eigenvalue weighted by Crippen LogP contribution is 2.45. The van der Waals surface area contributed by atoms with Crippen LogP contribution in [0.3, 0.4) is 0 Å². The lowest BCUT2D eigenvalue weighted by Crippen LogP contribution is -2.30. The van der Waals surface area contributed by atoms with Crippen LogP contribution in [0.4, 0.5) is 26.3 Å². The van der Waals surface area contributed by atoms with E-state index in [2.05, 4.69) is 0 Å². The van der Waals surface area contributed by atoms with Crippen LogP contribution in [-0.4, -0.2) is 0 Å². The Balaban J connectivity index is 1.94. The van der Waals surface area contributed by atoms with Crippen LogP contribution in [0.15, 0.2) is 103 Å². The van der Waals surface area contributed by atoms with E-state index in [9.17, 15) is 26.3 Å². The predicted molar refractivity (Wildman–Crippen MR) is 130 cm³/mol. The van der Waals surface area contributed by atoms with Crippen LogP contribution in [0, 0.1) is 0 Å². The molecule has 0 aliphatic rings. The molecule has 0 heterocycles. The molecule has 0 fully saturated rings. The maximum atomic E-state index is 14.1. The Morgan fingerprint density at radius 2 is 0.857 bits per heavy atom. The molecule has 0 nitrogen and oxygen atoms in total. The van der Waals surface area contributed by atoms with Gasteiger partial charge in [0.05, 0.1) is 11.1 Å². The van der Waals surface area contributed by atoms with E-state index in [0.717, 1.165) is 28.3 Å². The molecule has 0 aliphatic carbocycles. The minimum Gasteiger partial charge on any atom is -0.166 e. The van der Waals surface area contributed by atoms with E-state index in [1.165, 1.54) is 36.4 Å². The van der Waals surface area contributed by atoms with Crippen molar-refractivity contribution >= 4 is 45.4 Å². The average molecular weight is 498 g/mol. The third-order valence-electron chi connectivity index (χ3n) is 5.89. The minimum atomic E-state index is -4.73. The SMILES string of the molecule is FC(F)(F)c1ccccc1P(c1ccccc1C(F)(F)F)c1cc2ccccc2c2ccccc12. The highest BCUT2D eigenvalue weighted by Gasteiger charge is 2.40. The van der Waals surface area contributed by atoms with Gasteiger partial charge in [-0.2, -0.15) is 26.3 Å². The Kier molecular flexibility index (Phi) is 5.80. The zero-order valence-corrected chi connectivity index (χ0v) is 18.9. The molecule has 0 aliphatic heterocycles. The van der Waals surface area contributed by atoms with E-state index in [-0.39, 0.29) is 10.6 Å². The molecular formula is C28H17F6P. The molecular weight excluding hydrogens is 481 g/mol. The fourth-order valence-electron chi connectivity index (χ4n) is 4.43. The van der Waals surface area contributed by atoms with Crippen molar-refractivity contribution in [3.63, 3.8) is 0 Å². The molecule has 0 amide bonds. The number of benzene rings is 5. The second-order valence-electron chi connectivity index (χ2n) is 8.03. The van der Waals surface area contributed by atoms with Crippen LogP contribution in [0.5, 0.6) is 0 Å². The van der Waals surface area contributed by atoms with Gasteiger partial charge in [-0.3, -0.25) is 0 Å². The normalized spacial score (nSPS) is 12.5. The van der Waals surface area contributed by atoms with Gasteiger partial charge in [-0.25, -0.2) is 0 Å². The summed E-state index contributed by atoms with van der Waals surface area (Å²) in [5.41, 5.74) is -1.86. The highest BCUT2D eigenvalue weighted by atomic mass is 31.1. The van der Waals surface area contributed by atoms with Crippen LogP contribution in [0.1, 0.15) is 11.1 Å². The molecule has 0 saturated carbocycles. The third-order valence-corrected chi connectivity index (χ3v) is 8.48. The van der Waals surface area contributed by atoms with E-state index in [4.69, 9.17) is 0 Å². The summed E-state index contributed by atoms with van der Waals surface area (Å²) >= 11 is 0. The van der Waals surface area contributed by atoms with Gasteiger partial charge in [-0.1, -0.05) is 84.9 Å². The first-order valence-corrected chi connectivity index (χ1v) is 12.0. The first-order valence-electron chi connectivity index (χ1n) is 10.7. The number of halogens is 6. The van der Waals surface area contributed by atoms with E-state index in [0.29, 0.717) is 10.7 Å². The molecule has 176 valence electrons. The molecule has 0 atom stereocenters. The molecule has 0 saturated heterocycles. The maximum Gasteiger partial charge on any atom is 0.417 e. The molecule has 0 N–H and O–H groups in total. The van der Waals surface area contributed by atoms with Crippen molar-refractivity contribution in [2.75, 3.05) is 0 Å². The van der Waals surface area contributed by atoms with Gasteiger partial charge in [0, 0.05) is 0 Å². The zero-order valence-electron chi connectivity index (χ0n) is 18.0. The number of hydrogen-bond acceptors (Lipinski definition) is 0. The Labute approximate surface area is 198 Å². The van der Waals surface area contributed by atoms with Crippen LogP contribution in [-0.2, 0) is 12.4 Å². The Bertz CT molecular complexity index is 1480. The highest BCUT2D eigenvalue weighted by molar-refractivity contribution is 7.80. The number of hydrogen-bond donors (Lipinski definition) is 0. The van der Waals surface area contributed by atoms with Gasteiger partial charge in [-0.05, 0) is 63.6 Å². The summed E-state index contributed by atoms with van der Waals surface area (Å²) in [5.74, 6) is 0. The molecule has 5 rings (SSSR count). The van der Waals surface area contributed by atoms with Gasteiger partial charge in [0.2, 0.25) is 0 Å². The van der Waals surface area contributed by atoms with Crippen molar-refractivity contribution in [2.45, 2.75) is 12.4 Å². The third kappa shape index (κ3) is 4.28. The van der Waals surface area contributed by atoms with Gasteiger partial charge in [0.15, 0.2) is 0 Å². The van der Waals surface area contributed by atoms with Gasteiger partial charge in [0.1, 0.15) is 0 Å². The first kappa shape index (κ1) is 23.4. The van der Waals surface area contributed by atoms with Gasteiger partial charge >= 0.3 is 12.4 Å². The molecule has 0 aromatic heterocycles. The van der Waals surface area contributed by atoms with Crippen molar-refractivity contribution in [1.82, 2.24) is 0 Å². The van der Waals surface area contributed by atoms with E-state index in [1.807, 2.05) is 30.3 Å². The first-order chi connectivity index (χ1) is 16.7. The topological polar surface area (TPSA) is 0 Å². The van der Waals surface area contributed by atoms with Crippen LogP contribution in [0.25, 0.3) is 21.5 Å². The van der Waals surface area contributed by atoms with Crippen molar-refractivity contribution in [1.29, 1.82) is 0 Å². The summed E-state index contributed by atoms with van der Waals surface area (Å²) in [7, 11) is -2.23. The fourth-order valence-corrected chi connectivity index (χ4v) is 7.26. The number of fused-ring (bicyclic) bond motifs is 3. The Morgan fingerprint density at radius 3 is 1.40 bits per heavy atom. The van der Waals surface area contributed by atoms with Crippen molar-refractivity contribution < 1.29 is 26.3 Å². The molecule has 0 bridgehead atoms. The summed E-state index contributed by atoms with van der Waals surface area (Å²) in [6.45, 7) is 0. The zero-order chi connectivity index (χ0) is 24.8. The summed E-state index contributed by atoms with van der Waals surface area (Å²) in [6.07, 6.45) is -9.45. The smallest absolute Gasteiger partial charge is 0.166 e.